The number of aromatic amines is 1. The van der Waals surface area contributed by atoms with Gasteiger partial charge in [0, 0.05) is 42.6 Å². The van der Waals surface area contributed by atoms with Crippen molar-refractivity contribution in [3.8, 4) is 10.7 Å². The van der Waals surface area contributed by atoms with E-state index < -0.39 is 0 Å². The fraction of sp³-hybridized carbons (Fsp3) is 0.474. The van der Waals surface area contributed by atoms with Crippen LogP contribution in [-0.4, -0.2) is 38.8 Å². The number of carbonyl (C=O) groups is 1. The first-order chi connectivity index (χ1) is 12.7. The fourth-order valence-corrected chi connectivity index (χ4v) is 4.38. The Labute approximate surface area is 156 Å². The maximum atomic E-state index is 12.7. The molecule has 2 aromatic heterocycles. The highest BCUT2D eigenvalue weighted by Gasteiger charge is 2.29. The van der Waals surface area contributed by atoms with Gasteiger partial charge in [0.2, 0.25) is 5.91 Å². The Morgan fingerprint density at radius 1 is 1.23 bits per heavy atom. The summed E-state index contributed by atoms with van der Waals surface area (Å²) >= 11 is 1.48. The maximum Gasteiger partial charge on any atom is 0.251 e. The van der Waals surface area contributed by atoms with Crippen LogP contribution in [0.2, 0.25) is 0 Å². The average Bonchev–Trinajstić information content (AvgIpc) is 3.23. The zero-order valence-corrected chi connectivity index (χ0v) is 15.4. The lowest BCUT2D eigenvalue weighted by Crippen LogP contribution is -2.42. The van der Waals surface area contributed by atoms with Crippen molar-refractivity contribution < 1.29 is 4.79 Å². The molecule has 1 fully saturated rings. The summed E-state index contributed by atoms with van der Waals surface area (Å²) in [7, 11) is 0. The lowest BCUT2D eigenvalue weighted by atomic mass is 9.90. The lowest BCUT2D eigenvalue weighted by Gasteiger charge is -2.34. The third kappa shape index (κ3) is 3.62. The van der Waals surface area contributed by atoms with Gasteiger partial charge in [-0.05, 0) is 32.1 Å². The summed E-state index contributed by atoms with van der Waals surface area (Å²) < 4.78 is 0. The SMILES string of the molecule is O=C(C1CC=CCC1)N1CCC(c2nc(-c3nccs3)cc(=O)[nH]2)CC1. The average molecular weight is 370 g/mol. The van der Waals surface area contributed by atoms with Crippen molar-refractivity contribution in [2.24, 2.45) is 5.92 Å². The van der Waals surface area contributed by atoms with E-state index in [9.17, 15) is 9.59 Å². The van der Waals surface area contributed by atoms with Gasteiger partial charge in [-0.2, -0.15) is 0 Å². The fourth-order valence-electron chi connectivity index (χ4n) is 3.78. The Bertz CT molecular complexity index is 851. The van der Waals surface area contributed by atoms with Crippen LogP contribution in [0.15, 0.2) is 34.6 Å². The molecule has 1 saturated heterocycles. The van der Waals surface area contributed by atoms with Crippen LogP contribution in [0.3, 0.4) is 0 Å². The van der Waals surface area contributed by atoms with Gasteiger partial charge in [-0.1, -0.05) is 12.2 Å². The molecule has 1 aliphatic carbocycles. The van der Waals surface area contributed by atoms with Crippen LogP contribution in [0.25, 0.3) is 10.7 Å². The van der Waals surface area contributed by atoms with Gasteiger partial charge in [-0.3, -0.25) is 9.59 Å². The van der Waals surface area contributed by atoms with E-state index in [1.54, 1.807) is 6.20 Å². The van der Waals surface area contributed by atoms with Crippen molar-refractivity contribution in [3.63, 3.8) is 0 Å². The minimum Gasteiger partial charge on any atom is -0.342 e. The van der Waals surface area contributed by atoms with Crippen LogP contribution in [0.5, 0.6) is 0 Å². The molecule has 7 heteroatoms. The molecule has 6 nitrogen and oxygen atoms in total. The van der Waals surface area contributed by atoms with E-state index in [1.165, 1.54) is 17.4 Å². The number of aromatic nitrogens is 3. The van der Waals surface area contributed by atoms with Crippen LogP contribution in [-0.2, 0) is 4.79 Å². The number of hydrogen-bond donors (Lipinski definition) is 1. The van der Waals surface area contributed by atoms with Gasteiger partial charge in [0.1, 0.15) is 16.5 Å². The molecule has 0 radical (unpaired) electrons. The summed E-state index contributed by atoms with van der Waals surface area (Å²) in [5.74, 6) is 1.32. The van der Waals surface area contributed by atoms with Gasteiger partial charge in [0.15, 0.2) is 0 Å². The normalized spacial score (nSPS) is 21.1. The first-order valence-electron chi connectivity index (χ1n) is 9.15. The number of amides is 1. The van der Waals surface area contributed by atoms with Gasteiger partial charge in [0.05, 0.1) is 0 Å². The molecular weight excluding hydrogens is 348 g/mol. The highest BCUT2D eigenvalue weighted by atomic mass is 32.1. The summed E-state index contributed by atoms with van der Waals surface area (Å²) in [4.78, 5) is 38.5. The van der Waals surface area contributed by atoms with Crippen molar-refractivity contribution in [1.29, 1.82) is 0 Å². The molecule has 1 aliphatic heterocycles. The van der Waals surface area contributed by atoms with Crippen molar-refractivity contribution in [1.82, 2.24) is 19.9 Å². The number of H-pyrrole nitrogens is 1. The van der Waals surface area contributed by atoms with Gasteiger partial charge in [0.25, 0.3) is 5.56 Å². The van der Waals surface area contributed by atoms with Crippen molar-refractivity contribution in [3.05, 3.63) is 46.0 Å². The van der Waals surface area contributed by atoms with Gasteiger partial charge < -0.3 is 9.88 Å². The van der Waals surface area contributed by atoms with Gasteiger partial charge in [-0.15, -0.1) is 11.3 Å². The second-order valence-corrected chi connectivity index (χ2v) is 7.83. The molecule has 136 valence electrons. The topological polar surface area (TPSA) is 79.0 Å². The highest BCUT2D eigenvalue weighted by molar-refractivity contribution is 7.13. The largest absolute Gasteiger partial charge is 0.342 e. The van der Waals surface area contributed by atoms with Crippen molar-refractivity contribution in [2.45, 2.75) is 38.0 Å². The minimum atomic E-state index is -0.146. The molecule has 1 amide bonds. The van der Waals surface area contributed by atoms with Crippen LogP contribution >= 0.6 is 11.3 Å². The quantitative estimate of drug-likeness (QED) is 0.843. The number of nitrogens with zero attached hydrogens (tertiary/aromatic N) is 3. The molecule has 1 atom stereocenters. The molecule has 0 bridgehead atoms. The summed E-state index contributed by atoms with van der Waals surface area (Å²) in [5, 5.41) is 2.64. The highest BCUT2D eigenvalue weighted by Crippen LogP contribution is 2.29. The minimum absolute atomic E-state index is 0.141. The monoisotopic (exact) mass is 370 g/mol. The third-order valence-corrected chi connectivity index (χ3v) is 6.02. The van der Waals surface area contributed by atoms with Crippen molar-refractivity contribution in [2.75, 3.05) is 13.1 Å². The number of carbonyl (C=O) groups excluding carboxylic acids is 1. The van der Waals surface area contributed by atoms with Gasteiger partial charge in [-0.25, -0.2) is 9.97 Å². The second-order valence-electron chi connectivity index (χ2n) is 6.93. The molecular formula is C19H22N4O2S. The number of allylic oxidation sites excluding steroid dienone is 2. The first kappa shape index (κ1) is 17.1. The lowest BCUT2D eigenvalue weighted by molar-refractivity contribution is -0.136. The summed E-state index contributed by atoms with van der Waals surface area (Å²) in [5.41, 5.74) is 0.485. The van der Waals surface area contributed by atoms with Crippen molar-refractivity contribution >= 4 is 17.2 Å². The number of rotatable bonds is 3. The molecule has 1 unspecified atom stereocenters. The van der Waals surface area contributed by atoms with E-state index in [1.807, 2.05) is 10.3 Å². The molecule has 4 rings (SSSR count). The molecule has 0 saturated carbocycles. The maximum absolute atomic E-state index is 12.7. The standard InChI is InChI=1S/C19H22N4O2S/c24-16-12-15(18-20-8-11-26-18)21-17(22-16)13-6-9-23(10-7-13)19(25)14-4-2-1-3-5-14/h1-2,8,11-14H,3-7,9-10H2,(H,21,22,24). The predicted octanol–water partition coefficient (Wildman–Crippen LogP) is 2.96. The molecule has 2 aliphatic rings. The summed E-state index contributed by atoms with van der Waals surface area (Å²) in [6, 6.07) is 1.50. The zero-order chi connectivity index (χ0) is 17.9. The number of piperidine rings is 1. The zero-order valence-electron chi connectivity index (χ0n) is 14.6. The molecule has 1 N–H and O–H groups in total. The van der Waals surface area contributed by atoms with E-state index in [0.29, 0.717) is 5.69 Å². The molecule has 0 spiro atoms. The van der Waals surface area contributed by atoms with Gasteiger partial charge >= 0.3 is 0 Å². The summed E-state index contributed by atoms with van der Waals surface area (Å²) in [6.45, 7) is 1.46. The first-order valence-corrected chi connectivity index (χ1v) is 10.0. The van der Waals surface area contributed by atoms with E-state index in [4.69, 9.17) is 0 Å². The number of hydrogen-bond acceptors (Lipinski definition) is 5. The molecule has 3 heterocycles. The van der Waals surface area contributed by atoms with E-state index in [-0.39, 0.29) is 23.3 Å². The predicted molar refractivity (Wildman–Crippen MR) is 101 cm³/mol. The smallest absolute Gasteiger partial charge is 0.251 e. The number of likely N-dealkylation sites (tertiary alicyclic amines) is 1. The second kappa shape index (κ2) is 7.53. The van der Waals surface area contributed by atoms with E-state index in [2.05, 4.69) is 27.1 Å². The van der Waals surface area contributed by atoms with Crippen LogP contribution < -0.4 is 5.56 Å². The Balaban J connectivity index is 1.44. The van der Waals surface area contributed by atoms with Crippen LogP contribution in [0.1, 0.15) is 43.8 Å². The Morgan fingerprint density at radius 2 is 2.08 bits per heavy atom. The molecule has 2 aromatic rings. The Hall–Kier alpha value is -2.28. The van der Waals surface area contributed by atoms with E-state index in [0.717, 1.165) is 56.0 Å². The number of thiazole rings is 1. The van der Waals surface area contributed by atoms with E-state index >= 15 is 0 Å². The Kier molecular flexibility index (Phi) is 4.97. The molecule has 0 aromatic carbocycles. The van der Waals surface area contributed by atoms with Crippen LogP contribution in [0, 0.1) is 5.92 Å². The van der Waals surface area contributed by atoms with Crippen LogP contribution in [0.4, 0.5) is 0 Å². The number of nitrogens with one attached hydrogen (secondary N) is 1. The molecule has 26 heavy (non-hydrogen) atoms. The summed E-state index contributed by atoms with van der Waals surface area (Å²) in [6.07, 6.45) is 10.5. The Morgan fingerprint density at radius 3 is 2.77 bits per heavy atom. The third-order valence-electron chi connectivity index (χ3n) is 5.22.